The summed E-state index contributed by atoms with van der Waals surface area (Å²) in [6, 6.07) is 8.53. The summed E-state index contributed by atoms with van der Waals surface area (Å²) < 4.78 is 9.39. The number of aromatic carboxylic acids is 1. The van der Waals surface area contributed by atoms with Gasteiger partial charge in [-0.2, -0.15) is 4.37 Å². The number of carbonyl (C=O) groups is 2. The zero-order chi connectivity index (χ0) is 14.1. The SMILES string of the molecule is O=C(O)c1cc(C(=O)N2CCOc3ccccc32)ns1. The number of aromatic nitrogens is 1. The topological polar surface area (TPSA) is 79.7 Å². The van der Waals surface area contributed by atoms with Gasteiger partial charge < -0.3 is 14.7 Å². The summed E-state index contributed by atoms with van der Waals surface area (Å²) in [4.78, 5) is 24.9. The van der Waals surface area contributed by atoms with E-state index in [0.29, 0.717) is 24.6 Å². The van der Waals surface area contributed by atoms with Gasteiger partial charge in [0.1, 0.15) is 22.9 Å². The molecular weight excluding hydrogens is 280 g/mol. The molecule has 0 bridgehead atoms. The number of anilines is 1. The first-order valence-corrected chi connectivity index (χ1v) is 6.68. The number of ether oxygens (including phenoxy) is 1. The predicted octanol–water partition coefficient (Wildman–Crippen LogP) is 1.88. The molecule has 7 heteroatoms. The second kappa shape index (κ2) is 4.93. The number of rotatable bonds is 2. The first kappa shape index (κ1) is 12.6. The van der Waals surface area contributed by atoms with Crippen molar-refractivity contribution in [3.05, 3.63) is 40.9 Å². The van der Waals surface area contributed by atoms with Gasteiger partial charge in [-0.15, -0.1) is 0 Å². The summed E-state index contributed by atoms with van der Waals surface area (Å²) in [5.41, 5.74) is 0.817. The van der Waals surface area contributed by atoms with Gasteiger partial charge in [-0.25, -0.2) is 4.79 Å². The van der Waals surface area contributed by atoms with Gasteiger partial charge in [0.15, 0.2) is 0 Å². The minimum atomic E-state index is -1.08. The Morgan fingerprint density at radius 2 is 2.15 bits per heavy atom. The molecule has 1 aliphatic heterocycles. The zero-order valence-electron chi connectivity index (χ0n) is 10.3. The number of carbonyl (C=O) groups excluding carboxylic acids is 1. The van der Waals surface area contributed by atoms with E-state index in [0.717, 1.165) is 11.5 Å². The average Bonchev–Trinajstić information content (AvgIpc) is 2.96. The molecule has 0 atom stereocenters. The fraction of sp³-hybridized carbons (Fsp3) is 0.154. The van der Waals surface area contributed by atoms with Crippen LogP contribution < -0.4 is 9.64 Å². The average molecular weight is 290 g/mol. The van der Waals surface area contributed by atoms with E-state index in [9.17, 15) is 9.59 Å². The highest BCUT2D eigenvalue weighted by Crippen LogP contribution is 2.32. The Labute approximate surface area is 118 Å². The van der Waals surface area contributed by atoms with Crippen LogP contribution in [0.4, 0.5) is 5.69 Å². The molecule has 102 valence electrons. The Morgan fingerprint density at radius 3 is 2.90 bits per heavy atom. The number of hydrogen-bond donors (Lipinski definition) is 1. The second-order valence-electron chi connectivity index (χ2n) is 4.15. The van der Waals surface area contributed by atoms with Crippen LogP contribution in [0.2, 0.25) is 0 Å². The molecule has 20 heavy (non-hydrogen) atoms. The molecule has 6 nitrogen and oxygen atoms in total. The number of carboxylic acids is 1. The van der Waals surface area contributed by atoms with Gasteiger partial charge in [-0.1, -0.05) is 12.1 Å². The van der Waals surface area contributed by atoms with E-state index in [2.05, 4.69) is 4.37 Å². The van der Waals surface area contributed by atoms with Crippen molar-refractivity contribution in [2.45, 2.75) is 0 Å². The predicted molar refractivity (Wildman–Crippen MR) is 72.7 cm³/mol. The molecule has 1 N–H and O–H groups in total. The maximum Gasteiger partial charge on any atom is 0.347 e. The van der Waals surface area contributed by atoms with Crippen LogP contribution in [-0.2, 0) is 0 Å². The van der Waals surface area contributed by atoms with E-state index in [1.54, 1.807) is 17.0 Å². The zero-order valence-corrected chi connectivity index (χ0v) is 11.1. The highest BCUT2D eigenvalue weighted by Gasteiger charge is 2.26. The van der Waals surface area contributed by atoms with Crippen molar-refractivity contribution >= 4 is 29.1 Å². The fourth-order valence-corrected chi connectivity index (χ4v) is 2.57. The highest BCUT2D eigenvalue weighted by atomic mass is 32.1. The van der Waals surface area contributed by atoms with Crippen LogP contribution in [0.5, 0.6) is 5.75 Å². The smallest absolute Gasteiger partial charge is 0.347 e. The van der Waals surface area contributed by atoms with Gasteiger partial charge >= 0.3 is 5.97 Å². The molecule has 1 aromatic heterocycles. The Bertz CT molecular complexity index is 683. The summed E-state index contributed by atoms with van der Waals surface area (Å²) in [6.45, 7) is 0.814. The number of nitrogens with zero attached hydrogens (tertiary/aromatic N) is 2. The van der Waals surface area contributed by atoms with Crippen molar-refractivity contribution in [3.8, 4) is 5.75 Å². The molecule has 0 aliphatic carbocycles. The van der Waals surface area contributed by atoms with Crippen molar-refractivity contribution in [1.82, 2.24) is 4.37 Å². The minimum Gasteiger partial charge on any atom is -0.490 e. The van der Waals surface area contributed by atoms with Gasteiger partial charge in [-0.3, -0.25) is 4.79 Å². The lowest BCUT2D eigenvalue weighted by Gasteiger charge is -2.28. The largest absolute Gasteiger partial charge is 0.490 e. The number of para-hydroxylation sites is 2. The highest BCUT2D eigenvalue weighted by molar-refractivity contribution is 7.08. The van der Waals surface area contributed by atoms with Crippen LogP contribution in [0.15, 0.2) is 30.3 Å². The number of benzene rings is 1. The van der Waals surface area contributed by atoms with Crippen molar-refractivity contribution < 1.29 is 19.4 Å². The van der Waals surface area contributed by atoms with Gasteiger partial charge in [0.2, 0.25) is 0 Å². The van der Waals surface area contributed by atoms with E-state index in [1.807, 2.05) is 12.1 Å². The van der Waals surface area contributed by atoms with E-state index in [-0.39, 0.29) is 16.5 Å². The van der Waals surface area contributed by atoms with E-state index in [4.69, 9.17) is 9.84 Å². The molecule has 0 fully saturated rings. The van der Waals surface area contributed by atoms with Gasteiger partial charge in [-0.05, 0) is 29.7 Å². The summed E-state index contributed by atoms with van der Waals surface area (Å²) in [6.07, 6.45) is 0. The third-order valence-electron chi connectivity index (χ3n) is 2.91. The maximum atomic E-state index is 12.4. The lowest BCUT2D eigenvalue weighted by molar-refractivity contribution is 0.0702. The molecule has 1 aromatic carbocycles. The minimum absolute atomic E-state index is 0.0508. The number of carboxylic acid groups (broad SMARTS) is 1. The second-order valence-corrected chi connectivity index (χ2v) is 4.96. The van der Waals surface area contributed by atoms with Gasteiger partial charge in [0.25, 0.3) is 5.91 Å². The van der Waals surface area contributed by atoms with Crippen molar-refractivity contribution in [2.24, 2.45) is 0 Å². The van der Waals surface area contributed by atoms with E-state index >= 15 is 0 Å². The molecular formula is C13H10N2O4S. The molecule has 1 aliphatic rings. The number of hydrogen-bond acceptors (Lipinski definition) is 5. The molecule has 3 rings (SSSR count). The molecule has 0 saturated carbocycles. The lowest BCUT2D eigenvalue weighted by atomic mass is 10.2. The molecule has 0 spiro atoms. The summed E-state index contributed by atoms with van der Waals surface area (Å²) in [5.74, 6) is -0.755. The van der Waals surface area contributed by atoms with E-state index in [1.165, 1.54) is 6.07 Å². The third kappa shape index (κ3) is 2.12. The monoisotopic (exact) mass is 290 g/mol. The van der Waals surface area contributed by atoms with Gasteiger partial charge in [0.05, 0.1) is 12.2 Å². The Kier molecular flexibility index (Phi) is 3.11. The molecule has 2 aromatic rings. The van der Waals surface area contributed by atoms with Crippen LogP contribution in [0.3, 0.4) is 0 Å². The first-order valence-electron chi connectivity index (χ1n) is 5.90. The van der Waals surface area contributed by atoms with Crippen LogP contribution in [-0.4, -0.2) is 34.5 Å². The van der Waals surface area contributed by atoms with Crippen molar-refractivity contribution in [3.63, 3.8) is 0 Å². The molecule has 1 amide bonds. The van der Waals surface area contributed by atoms with Crippen LogP contribution in [0.25, 0.3) is 0 Å². The molecule has 0 saturated heterocycles. The quantitative estimate of drug-likeness (QED) is 0.913. The standard InChI is InChI=1S/C13H10N2O4S/c16-12(8-7-11(13(17)18)20-14-8)15-5-6-19-10-4-2-1-3-9(10)15/h1-4,7H,5-6H2,(H,17,18). The molecule has 0 radical (unpaired) electrons. The lowest BCUT2D eigenvalue weighted by Crippen LogP contribution is -2.38. The van der Waals surface area contributed by atoms with Crippen molar-refractivity contribution in [2.75, 3.05) is 18.1 Å². The van der Waals surface area contributed by atoms with Crippen LogP contribution in [0.1, 0.15) is 20.2 Å². The normalized spacial score (nSPS) is 13.5. The summed E-state index contributed by atoms with van der Waals surface area (Å²) in [7, 11) is 0. The fourth-order valence-electron chi connectivity index (χ4n) is 2.00. The first-order chi connectivity index (χ1) is 9.66. The number of fused-ring (bicyclic) bond motifs is 1. The molecule has 0 unspecified atom stereocenters. The van der Waals surface area contributed by atoms with Crippen LogP contribution >= 0.6 is 11.5 Å². The maximum absolute atomic E-state index is 12.4. The van der Waals surface area contributed by atoms with E-state index < -0.39 is 5.97 Å². The summed E-state index contributed by atoms with van der Waals surface area (Å²) in [5, 5.41) is 8.87. The summed E-state index contributed by atoms with van der Waals surface area (Å²) >= 11 is 0.803. The van der Waals surface area contributed by atoms with Crippen molar-refractivity contribution in [1.29, 1.82) is 0 Å². The van der Waals surface area contributed by atoms with Crippen LogP contribution in [0, 0.1) is 0 Å². The third-order valence-corrected chi connectivity index (χ3v) is 3.69. The molecule has 2 heterocycles. The Balaban J connectivity index is 1.93. The number of amides is 1. The van der Waals surface area contributed by atoms with Gasteiger partial charge in [0, 0.05) is 0 Å². The Hall–Kier alpha value is -2.41. The Morgan fingerprint density at radius 1 is 1.35 bits per heavy atom.